The number of fused-ring (bicyclic) bond motifs is 1. The molecule has 0 atom stereocenters. The summed E-state index contributed by atoms with van der Waals surface area (Å²) in [5.41, 5.74) is 0. The summed E-state index contributed by atoms with van der Waals surface area (Å²) in [5.74, 6) is 1.87. The Balaban J connectivity index is 1.72. The lowest BCUT2D eigenvalue weighted by molar-refractivity contribution is -0.389. The van der Waals surface area contributed by atoms with Gasteiger partial charge in [0.2, 0.25) is 5.82 Å². The smallest absolute Gasteiger partial charge is 0.363 e. The van der Waals surface area contributed by atoms with Crippen LogP contribution in [0.4, 0.5) is 11.6 Å². The van der Waals surface area contributed by atoms with E-state index in [2.05, 4.69) is 17.2 Å². The van der Waals surface area contributed by atoms with Crippen LogP contribution in [0.3, 0.4) is 0 Å². The Morgan fingerprint density at radius 3 is 2.95 bits per heavy atom. The van der Waals surface area contributed by atoms with E-state index in [0.29, 0.717) is 16.7 Å². The molecule has 1 N–H and O–H groups in total. The van der Waals surface area contributed by atoms with E-state index in [1.807, 2.05) is 5.38 Å². The number of imidazole rings is 1. The maximum Gasteiger partial charge on any atom is 0.372 e. The van der Waals surface area contributed by atoms with Crippen LogP contribution in [0, 0.1) is 22.0 Å². The van der Waals surface area contributed by atoms with Crippen LogP contribution in [-0.4, -0.2) is 20.9 Å². The van der Waals surface area contributed by atoms with Gasteiger partial charge < -0.3 is 15.4 Å². The first-order valence-electron chi connectivity index (χ1n) is 6.99. The Hall–Kier alpha value is -1.63. The Labute approximate surface area is 121 Å². The first-order chi connectivity index (χ1) is 9.65. The highest BCUT2D eigenvalue weighted by Crippen LogP contribution is 2.31. The van der Waals surface area contributed by atoms with E-state index in [4.69, 9.17) is 0 Å². The predicted octanol–water partition coefficient (Wildman–Crippen LogP) is 3.54. The number of hydrogen-bond donors (Lipinski definition) is 1. The van der Waals surface area contributed by atoms with Crippen molar-refractivity contribution in [2.45, 2.75) is 32.6 Å². The zero-order valence-corrected chi connectivity index (χ0v) is 12.2. The molecule has 3 rings (SSSR count). The minimum absolute atomic E-state index is 0.0467. The number of rotatable bonds is 4. The van der Waals surface area contributed by atoms with Gasteiger partial charge in [-0.05, 0) is 29.6 Å². The van der Waals surface area contributed by atoms with Crippen molar-refractivity contribution in [1.82, 2.24) is 9.38 Å². The zero-order chi connectivity index (χ0) is 14.1. The van der Waals surface area contributed by atoms with Gasteiger partial charge in [0.25, 0.3) is 4.96 Å². The lowest BCUT2D eigenvalue weighted by atomic mass is 9.83. The highest BCUT2D eigenvalue weighted by Gasteiger charge is 2.25. The number of aromatic nitrogens is 2. The summed E-state index contributed by atoms with van der Waals surface area (Å²) in [5, 5.41) is 16.2. The molecule has 1 aliphatic rings. The molecular formula is C13H18N4O2S. The third-order valence-corrected chi connectivity index (χ3v) is 4.86. The van der Waals surface area contributed by atoms with E-state index in [-0.39, 0.29) is 10.7 Å². The summed E-state index contributed by atoms with van der Waals surface area (Å²) in [6.45, 7) is 3.07. The molecule has 0 aromatic carbocycles. The summed E-state index contributed by atoms with van der Waals surface area (Å²) >= 11 is 1.41. The maximum atomic E-state index is 11.2. The van der Waals surface area contributed by atoms with Crippen molar-refractivity contribution >= 4 is 27.9 Å². The van der Waals surface area contributed by atoms with Gasteiger partial charge in [0.05, 0.1) is 0 Å². The molecule has 2 aromatic rings. The lowest BCUT2D eigenvalue weighted by Gasteiger charge is -2.26. The number of nitrogens with zero attached hydrogens (tertiary/aromatic N) is 3. The monoisotopic (exact) mass is 294 g/mol. The summed E-state index contributed by atoms with van der Waals surface area (Å²) in [4.78, 5) is 15.8. The van der Waals surface area contributed by atoms with Crippen LogP contribution >= 0.6 is 11.3 Å². The Kier molecular flexibility index (Phi) is 3.60. The number of nitro groups is 1. The molecule has 7 heteroatoms. The van der Waals surface area contributed by atoms with Gasteiger partial charge in [0.1, 0.15) is 6.20 Å². The molecule has 20 heavy (non-hydrogen) atoms. The lowest BCUT2D eigenvalue weighted by Crippen LogP contribution is -2.20. The molecule has 6 nitrogen and oxygen atoms in total. The summed E-state index contributed by atoms with van der Waals surface area (Å²) in [7, 11) is 0. The average molecular weight is 294 g/mol. The van der Waals surface area contributed by atoms with Gasteiger partial charge in [-0.15, -0.1) is 0 Å². The first-order valence-corrected chi connectivity index (χ1v) is 7.87. The molecule has 0 spiro atoms. The standard InChI is InChI=1S/C13H18N4O2S/c1-9-2-4-10(5-3-9)8-14-11-12(17(18)19)16-6-7-20-13(16)15-11/h6-7,9-10,14H,2-5,8H2,1H3. The van der Waals surface area contributed by atoms with Gasteiger partial charge in [-0.1, -0.05) is 31.1 Å². The van der Waals surface area contributed by atoms with Crippen LogP contribution in [0.2, 0.25) is 0 Å². The zero-order valence-electron chi connectivity index (χ0n) is 11.4. The van der Waals surface area contributed by atoms with E-state index < -0.39 is 0 Å². The van der Waals surface area contributed by atoms with Gasteiger partial charge in [0, 0.05) is 11.9 Å². The summed E-state index contributed by atoms with van der Waals surface area (Å²) in [6.07, 6.45) is 6.60. The normalized spacial score (nSPS) is 23.1. The van der Waals surface area contributed by atoms with Crippen LogP contribution in [0.1, 0.15) is 32.6 Å². The van der Waals surface area contributed by atoms with E-state index in [1.165, 1.54) is 41.4 Å². The van der Waals surface area contributed by atoms with Gasteiger partial charge in [0.15, 0.2) is 0 Å². The van der Waals surface area contributed by atoms with Gasteiger partial charge in [-0.25, -0.2) is 0 Å². The molecule has 0 unspecified atom stereocenters. The van der Waals surface area contributed by atoms with Gasteiger partial charge >= 0.3 is 5.82 Å². The fraction of sp³-hybridized carbons (Fsp3) is 0.615. The molecular weight excluding hydrogens is 276 g/mol. The number of anilines is 1. The second-order valence-electron chi connectivity index (χ2n) is 5.60. The quantitative estimate of drug-likeness (QED) is 0.691. The molecule has 108 valence electrons. The third kappa shape index (κ3) is 2.49. The summed E-state index contributed by atoms with van der Waals surface area (Å²) < 4.78 is 1.54. The Morgan fingerprint density at radius 2 is 2.25 bits per heavy atom. The minimum atomic E-state index is -0.363. The molecule has 1 aliphatic carbocycles. The van der Waals surface area contributed by atoms with Crippen LogP contribution in [0.25, 0.3) is 4.96 Å². The molecule has 0 aliphatic heterocycles. The molecule has 0 bridgehead atoms. The van der Waals surface area contributed by atoms with Crippen LogP contribution in [-0.2, 0) is 0 Å². The molecule has 1 fully saturated rings. The van der Waals surface area contributed by atoms with Crippen molar-refractivity contribution in [3.8, 4) is 0 Å². The van der Waals surface area contributed by atoms with Crippen LogP contribution < -0.4 is 5.32 Å². The highest BCUT2D eigenvalue weighted by atomic mass is 32.1. The molecule has 0 saturated heterocycles. The highest BCUT2D eigenvalue weighted by molar-refractivity contribution is 7.15. The van der Waals surface area contributed by atoms with E-state index in [9.17, 15) is 10.1 Å². The minimum Gasteiger partial charge on any atom is -0.363 e. The van der Waals surface area contributed by atoms with Crippen molar-refractivity contribution in [1.29, 1.82) is 0 Å². The number of thiazole rings is 1. The molecule has 0 amide bonds. The topological polar surface area (TPSA) is 72.5 Å². The molecule has 1 saturated carbocycles. The Bertz CT molecular complexity index is 613. The molecule has 2 heterocycles. The number of nitrogens with one attached hydrogen (secondary N) is 1. The van der Waals surface area contributed by atoms with E-state index in [1.54, 1.807) is 6.20 Å². The predicted molar refractivity (Wildman–Crippen MR) is 79.3 cm³/mol. The average Bonchev–Trinajstić information content (AvgIpc) is 2.97. The fourth-order valence-electron chi connectivity index (χ4n) is 2.84. The Morgan fingerprint density at radius 1 is 1.50 bits per heavy atom. The molecule has 0 radical (unpaired) electrons. The van der Waals surface area contributed by atoms with Gasteiger partial charge in [-0.2, -0.15) is 9.38 Å². The van der Waals surface area contributed by atoms with E-state index in [0.717, 1.165) is 12.5 Å². The second-order valence-corrected chi connectivity index (χ2v) is 6.48. The SMILES string of the molecule is CC1CCC(CNc2nc3sccn3c2[N+](=O)[O-])CC1. The third-order valence-electron chi connectivity index (χ3n) is 4.10. The second kappa shape index (κ2) is 5.40. The van der Waals surface area contributed by atoms with Crippen molar-refractivity contribution in [2.75, 3.05) is 11.9 Å². The molecule has 2 aromatic heterocycles. The van der Waals surface area contributed by atoms with E-state index >= 15 is 0 Å². The van der Waals surface area contributed by atoms with Crippen LogP contribution in [0.15, 0.2) is 11.6 Å². The maximum absolute atomic E-state index is 11.2. The summed E-state index contributed by atoms with van der Waals surface area (Å²) in [6, 6.07) is 0. The van der Waals surface area contributed by atoms with Crippen molar-refractivity contribution in [3.05, 3.63) is 21.7 Å². The number of hydrogen-bond acceptors (Lipinski definition) is 5. The van der Waals surface area contributed by atoms with Crippen LogP contribution in [0.5, 0.6) is 0 Å². The van der Waals surface area contributed by atoms with Crippen molar-refractivity contribution in [3.63, 3.8) is 0 Å². The largest absolute Gasteiger partial charge is 0.372 e. The first kappa shape index (κ1) is 13.4. The van der Waals surface area contributed by atoms with Crippen molar-refractivity contribution in [2.24, 2.45) is 11.8 Å². The van der Waals surface area contributed by atoms with Crippen molar-refractivity contribution < 1.29 is 4.92 Å². The fourth-order valence-corrected chi connectivity index (χ4v) is 3.55. The van der Waals surface area contributed by atoms with Gasteiger partial charge in [-0.3, -0.25) is 0 Å².